The van der Waals surface area contributed by atoms with Crippen molar-refractivity contribution in [3.63, 3.8) is 0 Å². The van der Waals surface area contributed by atoms with Crippen LogP contribution in [0.1, 0.15) is 37.5 Å². The van der Waals surface area contributed by atoms with E-state index in [1.54, 1.807) is 34.2 Å². The standard InChI is InChI=1S/C18H18N4O3S2/c23-27(24,16-2-1-9-26-16)22-14-3-4-15(22)11-13(10-14)18-20-17(21-25-18)12-5-7-19-8-6-12/h1-2,5-9,13-15H,3-4,10-11H2. The van der Waals surface area contributed by atoms with E-state index in [0.717, 1.165) is 31.2 Å². The highest BCUT2D eigenvalue weighted by molar-refractivity contribution is 7.91. The molecule has 0 spiro atoms. The summed E-state index contributed by atoms with van der Waals surface area (Å²) in [5.74, 6) is 1.25. The molecule has 9 heteroatoms. The van der Waals surface area contributed by atoms with Crippen LogP contribution in [0.2, 0.25) is 0 Å². The SMILES string of the molecule is O=S(=O)(c1cccs1)N1C2CCC1CC(c1nc(-c3ccncc3)no1)C2. The van der Waals surface area contributed by atoms with Gasteiger partial charge in [-0.05, 0) is 49.3 Å². The number of hydrogen-bond acceptors (Lipinski definition) is 7. The van der Waals surface area contributed by atoms with Gasteiger partial charge < -0.3 is 4.52 Å². The molecule has 7 nitrogen and oxygen atoms in total. The molecule has 5 rings (SSSR count). The predicted octanol–water partition coefficient (Wildman–Crippen LogP) is 3.29. The molecule has 0 aliphatic carbocycles. The fourth-order valence-electron chi connectivity index (χ4n) is 4.26. The molecule has 3 aromatic heterocycles. The second-order valence-electron chi connectivity index (χ2n) is 7.01. The molecule has 0 amide bonds. The first-order chi connectivity index (χ1) is 13.1. The van der Waals surface area contributed by atoms with Gasteiger partial charge in [0.25, 0.3) is 10.0 Å². The van der Waals surface area contributed by atoms with Crippen LogP contribution in [-0.4, -0.2) is 39.9 Å². The van der Waals surface area contributed by atoms with Gasteiger partial charge in [-0.25, -0.2) is 8.42 Å². The Labute approximate surface area is 161 Å². The Morgan fingerprint density at radius 3 is 2.52 bits per heavy atom. The van der Waals surface area contributed by atoms with E-state index in [1.807, 2.05) is 12.1 Å². The van der Waals surface area contributed by atoms with Crippen LogP contribution in [0.4, 0.5) is 0 Å². The fraction of sp³-hybridized carbons (Fsp3) is 0.389. The maximum absolute atomic E-state index is 13.0. The van der Waals surface area contributed by atoms with Crippen molar-refractivity contribution in [3.05, 3.63) is 47.9 Å². The second kappa shape index (κ2) is 6.50. The van der Waals surface area contributed by atoms with Gasteiger partial charge in [0.15, 0.2) is 0 Å². The van der Waals surface area contributed by atoms with E-state index in [-0.39, 0.29) is 18.0 Å². The lowest BCUT2D eigenvalue weighted by molar-refractivity contribution is 0.202. The maximum atomic E-state index is 13.0. The average molecular weight is 403 g/mol. The number of nitrogens with zero attached hydrogens (tertiary/aromatic N) is 4. The van der Waals surface area contributed by atoms with Gasteiger partial charge in [-0.15, -0.1) is 11.3 Å². The number of rotatable bonds is 4. The number of piperidine rings is 1. The van der Waals surface area contributed by atoms with Crippen molar-refractivity contribution in [3.8, 4) is 11.4 Å². The Morgan fingerprint density at radius 2 is 1.85 bits per heavy atom. The first-order valence-electron chi connectivity index (χ1n) is 8.94. The number of aromatic nitrogens is 3. The van der Waals surface area contributed by atoms with E-state index >= 15 is 0 Å². The molecule has 5 heterocycles. The summed E-state index contributed by atoms with van der Waals surface area (Å²) in [5.41, 5.74) is 0.862. The molecule has 3 aromatic rings. The molecule has 2 saturated heterocycles. The van der Waals surface area contributed by atoms with Gasteiger partial charge in [0.05, 0.1) is 0 Å². The van der Waals surface area contributed by atoms with Crippen LogP contribution in [0.3, 0.4) is 0 Å². The Hall–Kier alpha value is -2.10. The zero-order chi connectivity index (χ0) is 18.4. The van der Waals surface area contributed by atoms with Gasteiger partial charge in [0.1, 0.15) is 4.21 Å². The Bertz CT molecular complexity index is 1020. The van der Waals surface area contributed by atoms with Gasteiger partial charge in [-0.2, -0.15) is 9.29 Å². The van der Waals surface area contributed by atoms with E-state index in [0.29, 0.717) is 15.9 Å². The molecule has 0 N–H and O–H groups in total. The minimum atomic E-state index is -3.42. The van der Waals surface area contributed by atoms with Crippen LogP contribution < -0.4 is 0 Å². The van der Waals surface area contributed by atoms with Gasteiger partial charge in [0.2, 0.25) is 11.7 Å². The molecule has 2 atom stereocenters. The summed E-state index contributed by atoms with van der Waals surface area (Å²) in [4.78, 5) is 8.57. The van der Waals surface area contributed by atoms with Crippen molar-refractivity contribution in [2.45, 2.75) is 47.9 Å². The summed E-state index contributed by atoms with van der Waals surface area (Å²) in [7, 11) is -3.42. The highest BCUT2D eigenvalue weighted by Crippen LogP contribution is 2.45. The van der Waals surface area contributed by atoms with Gasteiger partial charge in [-0.3, -0.25) is 4.98 Å². The third-order valence-electron chi connectivity index (χ3n) is 5.42. The third kappa shape index (κ3) is 2.90. The van der Waals surface area contributed by atoms with Crippen LogP contribution in [0.25, 0.3) is 11.4 Å². The second-order valence-corrected chi connectivity index (χ2v) is 10.0. The van der Waals surface area contributed by atoms with Crippen molar-refractivity contribution in [1.82, 2.24) is 19.4 Å². The Balaban J connectivity index is 1.39. The molecular formula is C18H18N4O3S2. The van der Waals surface area contributed by atoms with E-state index < -0.39 is 10.0 Å². The predicted molar refractivity (Wildman–Crippen MR) is 99.7 cm³/mol. The quantitative estimate of drug-likeness (QED) is 0.665. The molecule has 0 radical (unpaired) electrons. The summed E-state index contributed by atoms with van der Waals surface area (Å²) in [6.07, 6.45) is 6.60. The zero-order valence-electron chi connectivity index (χ0n) is 14.4. The lowest BCUT2D eigenvalue weighted by Crippen LogP contribution is -2.45. The topological polar surface area (TPSA) is 89.2 Å². The first-order valence-corrected chi connectivity index (χ1v) is 11.3. The van der Waals surface area contributed by atoms with Crippen LogP contribution in [0, 0.1) is 0 Å². The van der Waals surface area contributed by atoms with Crippen LogP contribution in [0.15, 0.2) is 50.8 Å². The number of fused-ring (bicyclic) bond motifs is 2. The van der Waals surface area contributed by atoms with Crippen molar-refractivity contribution in [2.24, 2.45) is 0 Å². The number of thiophene rings is 1. The summed E-state index contributed by atoms with van der Waals surface area (Å²) in [6, 6.07) is 7.15. The van der Waals surface area contributed by atoms with E-state index in [2.05, 4.69) is 15.1 Å². The van der Waals surface area contributed by atoms with E-state index in [1.165, 1.54) is 11.3 Å². The van der Waals surface area contributed by atoms with E-state index in [4.69, 9.17) is 4.52 Å². The molecule has 2 unspecified atom stereocenters. The Kier molecular flexibility index (Phi) is 4.10. The molecular weight excluding hydrogens is 384 g/mol. The molecule has 2 bridgehead atoms. The molecule has 140 valence electrons. The smallest absolute Gasteiger partial charge is 0.253 e. The van der Waals surface area contributed by atoms with E-state index in [9.17, 15) is 8.42 Å². The van der Waals surface area contributed by atoms with Crippen molar-refractivity contribution < 1.29 is 12.9 Å². The average Bonchev–Trinajstić information content (AvgIpc) is 3.42. The number of sulfonamides is 1. The number of pyridine rings is 1. The zero-order valence-corrected chi connectivity index (χ0v) is 16.1. The minimum Gasteiger partial charge on any atom is -0.339 e. The van der Waals surface area contributed by atoms with Crippen LogP contribution in [-0.2, 0) is 10.0 Å². The highest BCUT2D eigenvalue weighted by atomic mass is 32.2. The third-order valence-corrected chi connectivity index (χ3v) is 8.80. The van der Waals surface area contributed by atoms with Gasteiger partial charge in [-0.1, -0.05) is 11.2 Å². The van der Waals surface area contributed by atoms with Crippen molar-refractivity contribution in [1.29, 1.82) is 0 Å². The highest BCUT2D eigenvalue weighted by Gasteiger charge is 2.48. The summed E-state index contributed by atoms with van der Waals surface area (Å²) in [6.45, 7) is 0. The largest absolute Gasteiger partial charge is 0.339 e. The molecule has 2 aliphatic heterocycles. The molecule has 27 heavy (non-hydrogen) atoms. The van der Waals surface area contributed by atoms with Crippen molar-refractivity contribution in [2.75, 3.05) is 0 Å². The van der Waals surface area contributed by atoms with Crippen LogP contribution in [0.5, 0.6) is 0 Å². The van der Waals surface area contributed by atoms with Crippen molar-refractivity contribution >= 4 is 21.4 Å². The minimum absolute atomic E-state index is 0.00266. The fourth-order valence-corrected chi connectivity index (χ4v) is 7.25. The maximum Gasteiger partial charge on any atom is 0.253 e. The first kappa shape index (κ1) is 17.0. The van der Waals surface area contributed by atoms with Gasteiger partial charge >= 0.3 is 0 Å². The lowest BCUT2D eigenvalue weighted by atomic mass is 9.92. The summed E-state index contributed by atoms with van der Waals surface area (Å²) in [5, 5.41) is 5.90. The lowest BCUT2D eigenvalue weighted by Gasteiger charge is -2.36. The monoisotopic (exact) mass is 402 g/mol. The van der Waals surface area contributed by atoms with Crippen LogP contribution >= 0.6 is 11.3 Å². The normalized spacial score (nSPS) is 25.7. The molecule has 0 saturated carbocycles. The summed E-state index contributed by atoms with van der Waals surface area (Å²) >= 11 is 1.28. The molecule has 0 aromatic carbocycles. The van der Waals surface area contributed by atoms with Gasteiger partial charge in [0, 0.05) is 36.0 Å². The summed E-state index contributed by atoms with van der Waals surface area (Å²) < 4.78 is 33.7. The molecule has 2 aliphatic rings. The Morgan fingerprint density at radius 1 is 1.11 bits per heavy atom. The number of hydrogen-bond donors (Lipinski definition) is 0. The molecule has 2 fully saturated rings.